The van der Waals surface area contributed by atoms with Gasteiger partial charge in [-0.05, 0) is 43.2 Å². The van der Waals surface area contributed by atoms with E-state index < -0.39 is 0 Å². The third-order valence-corrected chi connectivity index (χ3v) is 6.86. The minimum absolute atomic E-state index is 0.121. The Morgan fingerprint density at radius 3 is 2.44 bits per heavy atom. The summed E-state index contributed by atoms with van der Waals surface area (Å²) in [5.74, 6) is 1.04. The maximum Gasteiger partial charge on any atom is 0.260 e. The molecule has 0 saturated carbocycles. The number of nitrogens with zero attached hydrogens (tertiary/aromatic N) is 3. The highest BCUT2D eigenvalue weighted by molar-refractivity contribution is 7.22. The number of fused-ring (bicyclic) bond motifs is 1. The van der Waals surface area contributed by atoms with E-state index in [1.165, 1.54) is 5.56 Å². The van der Waals surface area contributed by atoms with Crippen LogP contribution < -0.4 is 14.4 Å². The first-order chi connectivity index (χ1) is 15.5. The fourth-order valence-electron chi connectivity index (χ4n) is 3.92. The zero-order chi connectivity index (χ0) is 22.7. The third-order valence-electron chi connectivity index (χ3n) is 5.63. The molecule has 0 aliphatic carbocycles. The minimum atomic E-state index is -0.121. The van der Waals surface area contributed by atoms with Crippen molar-refractivity contribution in [3.05, 3.63) is 47.0 Å². The Kier molecular flexibility index (Phi) is 6.93. The van der Waals surface area contributed by atoms with Crippen LogP contribution in [0.5, 0.6) is 11.5 Å². The molecule has 1 saturated heterocycles. The highest BCUT2D eigenvalue weighted by Gasteiger charge is 2.24. The maximum atomic E-state index is 13.7. The molecule has 7 nitrogen and oxygen atoms in total. The second kappa shape index (κ2) is 9.85. The van der Waals surface area contributed by atoms with E-state index in [4.69, 9.17) is 19.2 Å². The van der Waals surface area contributed by atoms with Gasteiger partial charge in [-0.3, -0.25) is 14.6 Å². The molecule has 0 unspecified atom stereocenters. The number of ether oxygens (including phenoxy) is 3. The fraction of sp³-hybridized carbons (Fsp3) is 0.417. The standard InChI is InChI=1S/C24H29N3O4S/c1-16-11-17(2)22-21(12-16)25-24(32-22)27(6-5-26-7-9-31-10-8-26)23(28)18-13-19(29-3)15-20(14-18)30-4/h11-15H,5-10H2,1-4H3. The Morgan fingerprint density at radius 1 is 1.09 bits per heavy atom. The number of methoxy groups -OCH3 is 2. The number of aryl methyl sites for hydroxylation is 2. The SMILES string of the molecule is COc1cc(OC)cc(C(=O)N(CCN2CCOCC2)c2nc3cc(C)cc(C)c3s2)c1. The molecule has 0 bridgehead atoms. The van der Waals surface area contributed by atoms with Crippen LogP contribution in [0.3, 0.4) is 0 Å². The topological polar surface area (TPSA) is 64.1 Å². The van der Waals surface area contributed by atoms with Gasteiger partial charge in [-0.25, -0.2) is 4.98 Å². The zero-order valence-corrected chi connectivity index (χ0v) is 19.8. The van der Waals surface area contributed by atoms with Crippen molar-refractivity contribution < 1.29 is 19.0 Å². The van der Waals surface area contributed by atoms with Gasteiger partial charge in [0.05, 0.1) is 37.6 Å². The average Bonchev–Trinajstić information content (AvgIpc) is 3.23. The monoisotopic (exact) mass is 455 g/mol. The van der Waals surface area contributed by atoms with Gasteiger partial charge < -0.3 is 14.2 Å². The first-order valence-electron chi connectivity index (χ1n) is 10.7. The van der Waals surface area contributed by atoms with E-state index in [-0.39, 0.29) is 5.91 Å². The van der Waals surface area contributed by atoms with Gasteiger partial charge in [-0.15, -0.1) is 0 Å². The lowest BCUT2D eigenvalue weighted by molar-refractivity contribution is 0.0391. The average molecular weight is 456 g/mol. The van der Waals surface area contributed by atoms with Crippen LogP contribution in [0.1, 0.15) is 21.5 Å². The van der Waals surface area contributed by atoms with Crippen molar-refractivity contribution in [2.45, 2.75) is 13.8 Å². The number of hydrogen-bond acceptors (Lipinski definition) is 7. The van der Waals surface area contributed by atoms with E-state index in [1.54, 1.807) is 48.7 Å². The Balaban J connectivity index is 1.70. The van der Waals surface area contributed by atoms with Crippen LogP contribution in [0.15, 0.2) is 30.3 Å². The van der Waals surface area contributed by atoms with E-state index in [0.29, 0.717) is 28.7 Å². The van der Waals surface area contributed by atoms with Crippen molar-refractivity contribution >= 4 is 32.6 Å². The van der Waals surface area contributed by atoms with E-state index in [0.717, 1.165) is 48.6 Å². The molecule has 1 fully saturated rings. The van der Waals surface area contributed by atoms with Gasteiger partial charge in [0.2, 0.25) is 0 Å². The van der Waals surface area contributed by atoms with Crippen LogP contribution in [0.25, 0.3) is 10.2 Å². The fourth-order valence-corrected chi connectivity index (χ4v) is 4.96. The number of rotatable bonds is 7. The molecule has 0 radical (unpaired) electrons. The summed E-state index contributed by atoms with van der Waals surface area (Å²) in [5.41, 5.74) is 3.77. The number of hydrogen-bond donors (Lipinski definition) is 0. The van der Waals surface area contributed by atoms with Crippen molar-refractivity contribution in [1.29, 1.82) is 0 Å². The van der Waals surface area contributed by atoms with Gasteiger partial charge >= 0.3 is 0 Å². The predicted octanol–water partition coefficient (Wildman–Crippen LogP) is 3.91. The molecule has 2 aromatic carbocycles. The van der Waals surface area contributed by atoms with Crippen molar-refractivity contribution in [3.8, 4) is 11.5 Å². The Bertz CT molecular complexity index is 1090. The molecule has 0 atom stereocenters. The summed E-state index contributed by atoms with van der Waals surface area (Å²) in [5, 5.41) is 0.703. The van der Waals surface area contributed by atoms with Gasteiger partial charge in [-0.2, -0.15) is 0 Å². The first kappa shape index (κ1) is 22.5. The van der Waals surface area contributed by atoms with Gasteiger partial charge in [0, 0.05) is 37.8 Å². The molecule has 4 rings (SSSR count). The molecule has 2 heterocycles. The van der Waals surface area contributed by atoms with Crippen LogP contribution in [-0.4, -0.2) is 69.4 Å². The van der Waals surface area contributed by atoms with Crippen molar-refractivity contribution in [3.63, 3.8) is 0 Å². The van der Waals surface area contributed by atoms with E-state index >= 15 is 0 Å². The lowest BCUT2D eigenvalue weighted by Gasteiger charge is -2.29. The van der Waals surface area contributed by atoms with Crippen LogP contribution in [0.4, 0.5) is 5.13 Å². The molecule has 3 aromatic rings. The summed E-state index contributed by atoms with van der Waals surface area (Å²) >= 11 is 1.56. The smallest absolute Gasteiger partial charge is 0.260 e. The maximum absolute atomic E-state index is 13.7. The summed E-state index contributed by atoms with van der Waals surface area (Å²) < 4.78 is 17.3. The van der Waals surface area contributed by atoms with Crippen molar-refractivity contribution in [1.82, 2.24) is 9.88 Å². The number of carbonyl (C=O) groups is 1. The molecule has 1 amide bonds. The summed E-state index contributed by atoms with van der Waals surface area (Å²) in [7, 11) is 3.16. The number of carbonyl (C=O) groups excluding carboxylic acids is 1. The zero-order valence-electron chi connectivity index (χ0n) is 19.0. The number of aromatic nitrogens is 1. The lowest BCUT2D eigenvalue weighted by atomic mass is 10.1. The van der Waals surface area contributed by atoms with Crippen LogP contribution in [-0.2, 0) is 4.74 Å². The van der Waals surface area contributed by atoms with Crippen LogP contribution in [0, 0.1) is 13.8 Å². The van der Waals surface area contributed by atoms with E-state index in [9.17, 15) is 4.79 Å². The highest BCUT2D eigenvalue weighted by Crippen LogP contribution is 2.33. The summed E-state index contributed by atoms with van der Waals surface area (Å²) in [6.07, 6.45) is 0. The predicted molar refractivity (Wildman–Crippen MR) is 128 cm³/mol. The quantitative estimate of drug-likeness (QED) is 0.538. The van der Waals surface area contributed by atoms with Gasteiger partial charge in [0.25, 0.3) is 5.91 Å². The van der Waals surface area contributed by atoms with E-state index in [1.807, 2.05) is 0 Å². The molecule has 8 heteroatoms. The molecule has 170 valence electrons. The van der Waals surface area contributed by atoms with Gasteiger partial charge in [0.1, 0.15) is 11.5 Å². The summed E-state index contributed by atoms with van der Waals surface area (Å²) in [6.45, 7) is 8.63. The molecule has 32 heavy (non-hydrogen) atoms. The Hall–Kier alpha value is -2.68. The van der Waals surface area contributed by atoms with Crippen LogP contribution >= 0.6 is 11.3 Å². The number of benzene rings is 2. The molecule has 0 N–H and O–H groups in total. The molecular weight excluding hydrogens is 426 g/mol. The first-order valence-corrected chi connectivity index (χ1v) is 11.5. The number of amides is 1. The molecule has 1 aliphatic heterocycles. The second-order valence-corrected chi connectivity index (χ2v) is 8.92. The number of anilines is 1. The van der Waals surface area contributed by atoms with Gasteiger partial charge in [0.15, 0.2) is 5.13 Å². The van der Waals surface area contributed by atoms with Crippen molar-refractivity contribution in [2.24, 2.45) is 0 Å². The van der Waals surface area contributed by atoms with Crippen molar-refractivity contribution in [2.75, 3.05) is 58.5 Å². The lowest BCUT2D eigenvalue weighted by Crippen LogP contribution is -2.43. The molecule has 1 aliphatic rings. The Labute approximate surface area is 192 Å². The number of thiazole rings is 1. The van der Waals surface area contributed by atoms with Crippen LogP contribution in [0.2, 0.25) is 0 Å². The summed E-state index contributed by atoms with van der Waals surface area (Å²) in [6, 6.07) is 9.47. The number of morpholine rings is 1. The van der Waals surface area contributed by atoms with Gasteiger partial charge in [-0.1, -0.05) is 17.4 Å². The summed E-state index contributed by atoms with van der Waals surface area (Å²) in [4.78, 5) is 22.7. The largest absolute Gasteiger partial charge is 0.497 e. The second-order valence-electron chi connectivity index (χ2n) is 7.94. The van der Waals surface area contributed by atoms with E-state index in [2.05, 4.69) is 30.9 Å². The molecule has 1 aromatic heterocycles. The normalized spacial score (nSPS) is 14.5. The molecular formula is C24H29N3O4S. The Morgan fingerprint density at radius 2 is 1.78 bits per heavy atom. The molecule has 0 spiro atoms. The minimum Gasteiger partial charge on any atom is -0.497 e. The third kappa shape index (κ3) is 4.87. The highest BCUT2D eigenvalue weighted by atomic mass is 32.1.